The zero-order valence-corrected chi connectivity index (χ0v) is 21.7. The van der Waals surface area contributed by atoms with E-state index in [0.717, 1.165) is 0 Å². The molecule has 0 aliphatic heterocycles. The summed E-state index contributed by atoms with van der Waals surface area (Å²) in [7, 11) is 1.23. The number of hydrogen-bond acceptors (Lipinski definition) is 8. The Hall–Kier alpha value is -4.74. The van der Waals surface area contributed by atoms with Crippen LogP contribution < -0.4 is 10.6 Å². The van der Waals surface area contributed by atoms with Gasteiger partial charge in [0.2, 0.25) is 17.7 Å². The fourth-order valence-corrected chi connectivity index (χ4v) is 3.99. The van der Waals surface area contributed by atoms with Crippen LogP contribution in [0.3, 0.4) is 0 Å². The van der Waals surface area contributed by atoms with Gasteiger partial charge in [-0.05, 0) is 42.7 Å². The van der Waals surface area contributed by atoms with Crippen molar-refractivity contribution in [2.45, 2.75) is 39.3 Å². The highest BCUT2D eigenvalue weighted by atomic mass is 19.1. The molecule has 12 heteroatoms. The third-order valence-corrected chi connectivity index (χ3v) is 6.15. The van der Waals surface area contributed by atoms with Crippen LogP contribution in [-0.2, 0) is 9.53 Å². The quantitative estimate of drug-likeness (QED) is 0.148. The molecule has 0 saturated carbocycles. The third-order valence-electron chi connectivity index (χ3n) is 6.15. The SMILES string of the molecule is COC(=O)c1ccc(C(CC(=O)N[C@@H](C(=O)c2c(O)[nH]c(O)c2C)C(C)C)NC(=O)c2cccnc2F)cc1. The molecule has 5 N–H and O–H groups in total. The average Bonchev–Trinajstić information content (AvgIpc) is 3.16. The largest absolute Gasteiger partial charge is 0.494 e. The van der Waals surface area contributed by atoms with Crippen molar-refractivity contribution >= 4 is 23.6 Å². The normalized spacial score (nSPS) is 12.5. The number of rotatable bonds is 10. The van der Waals surface area contributed by atoms with Crippen molar-refractivity contribution < 1.29 is 38.5 Å². The van der Waals surface area contributed by atoms with Crippen molar-refractivity contribution in [3.05, 3.63) is 76.4 Å². The van der Waals surface area contributed by atoms with E-state index in [0.29, 0.717) is 5.56 Å². The number of aromatic hydroxyl groups is 2. The highest BCUT2D eigenvalue weighted by molar-refractivity contribution is 6.05. The van der Waals surface area contributed by atoms with E-state index in [-0.39, 0.29) is 34.6 Å². The molecule has 2 aromatic heterocycles. The monoisotopic (exact) mass is 540 g/mol. The van der Waals surface area contributed by atoms with E-state index in [2.05, 4.69) is 20.6 Å². The van der Waals surface area contributed by atoms with Gasteiger partial charge in [-0.25, -0.2) is 9.78 Å². The zero-order valence-electron chi connectivity index (χ0n) is 21.7. The molecule has 0 aliphatic carbocycles. The summed E-state index contributed by atoms with van der Waals surface area (Å²) in [5.41, 5.74) is 0.312. The zero-order chi connectivity index (χ0) is 28.9. The molecule has 3 aromatic rings. The molecular formula is C27H29FN4O7. The van der Waals surface area contributed by atoms with Crippen LogP contribution in [0.5, 0.6) is 11.8 Å². The number of methoxy groups -OCH3 is 1. The lowest BCUT2D eigenvalue weighted by Crippen LogP contribution is -2.45. The average molecular weight is 541 g/mol. The molecular weight excluding hydrogens is 511 g/mol. The van der Waals surface area contributed by atoms with E-state index in [1.165, 1.54) is 56.6 Å². The number of amides is 2. The second-order valence-corrected chi connectivity index (χ2v) is 9.16. The Morgan fingerprint density at radius 2 is 1.72 bits per heavy atom. The van der Waals surface area contributed by atoms with Crippen LogP contribution >= 0.6 is 0 Å². The van der Waals surface area contributed by atoms with Gasteiger partial charge in [0.1, 0.15) is 0 Å². The Balaban J connectivity index is 1.87. The Labute approximate surface area is 223 Å². The van der Waals surface area contributed by atoms with Crippen LogP contribution in [0.25, 0.3) is 0 Å². The van der Waals surface area contributed by atoms with Crippen molar-refractivity contribution in [2.75, 3.05) is 7.11 Å². The molecule has 0 spiro atoms. The topological polar surface area (TPSA) is 171 Å². The van der Waals surface area contributed by atoms with Crippen molar-refractivity contribution in [3.8, 4) is 11.8 Å². The fourth-order valence-electron chi connectivity index (χ4n) is 3.99. The van der Waals surface area contributed by atoms with Gasteiger partial charge in [-0.1, -0.05) is 26.0 Å². The van der Waals surface area contributed by atoms with Gasteiger partial charge >= 0.3 is 5.97 Å². The van der Waals surface area contributed by atoms with Crippen molar-refractivity contribution in [1.82, 2.24) is 20.6 Å². The molecule has 206 valence electrons. The molecule has 1 unspecified atom stereocenters. The third kappa shape index (κ3) is 6.58. The van der Waals surface area contributed by atoms with Gasteiger partial charge in [-0.15, -0.1) is 0 Å². The lowest BCUT2D eigenvalue weighted by Gasteiger charge is -2.24. The maximum atomic E-state index is 14.1. The first-order valence-electron chi connectivity index (χ1n) is 12.0. The van der Waals surface area contributed by atoms with Crippen LogP contribution in [0.4, 0.5) is 4.39 Å². The summed E-state index contributed by atoms with van der Waals surface area (Å²) >= 11 is 0. The van der Waals surface area contributed by atoms with Crippen molar-refractivity contribution in [1.29, 1.82) is 0 Å². The number of hydrogen-bond donors (Lipinski definition) is 5. The van der Waals surface area contributed by atoms with Gasteiger partial charge in [0.25, 0.3) is 5.91 Å². The maximum Gasteiger partial charge on any atom is 0.337 e. The van der Waals surface area contributed by atoms with Crippen molar-refractivity contribution in [2.24, 2.45) is 5.92 Å². The molecule has 3 rings (SSSR count). The number of halogens is 1. The van der Waals surface area contributed by atoms with E-state index >= 15 is 0 Å². The van der Waals surface area contributed by atoms with E-state index < -0.39 is 53.4 Å². The highest BCUT2D eigenvalue weighted by Crippen LogP contribution is 2.30. The molecule has 0 aliphatic rings. The minimum absolute atomic E-state index is 0.131. The lowest BCUT2D eigenvalue weighted by atomic mass is 9.93. The molecule has 0 fully saturated rings. The molecule has 0 bridgehead atoms. The molecule has 39 heavy (non-hydrogen) atoms. The summed E-state index contributed by atoms with van der Waals surface area (Å²) < 4.78 is 18.8. The predicted molar refractivity (Wildman–Crippen MR) is 137 cm³/mol. The molecule has 2 heterocycles. The standard InChI is InChI=1S/C27H29FN4O7/c1-13(2)21(22(34)20-14(3)24(35)32-26(20)37)31-19(33)12-18(15-7-9-16(10-8-15)27(38)39-4)30-25(36)17-6-5-11-29-23(17)28/h5-11,13,18,21,32,35,37H,12H2,1-4H3,(H,30,36)(H,31,33)/t18?,21-/m1/s1. The maximum absolute atomic E-state index is 14.1. The van der Waals surface area contributed by atoms with E-state index in [1.807, 2.05) is 0 Å². The minimum Gasteiger partial charge on any atom is -0.494 e. The van der Waals surface area contributed by atoms with Gasteiger partial charge < -0.3 is 25.6 Å². The van der Waals surface area contributed by atoms with Gasteiger partial charge in [0.15, 0.2) is 11.7 Å². The number of aromatic amines is 1. The number of benzene rings is 1. The van der Waals surface area contributed by atoms with Gasteiger partial charge in [0, 0.05) is 11.8 Å². The Morgan fingerprint density at radius 3 is 2.26 bits per heavy atom. The molecule has 11 nitrogen and oxygen atoms in total. The second-order valence-electron chi connectivity index (χ2n) is 9.16. The number of ketones is 1. The Bertz CT molecular complexity index is 1390. The smallest absolute Gasteiger partial charge is 0.337 e. The number of H-pyrrole nitrogens is 1. The summed E-state index contributed by atoms with van der Waals surface area (Å²) in [6, 6.07) is 6.49. The van der Waals surface area contributed by atoms with E-state index in [9.17, 15) is 33.8 Å². The summed E-state index contributed by atoms with van der Waals surface area (Å²) in [5, 5.41) is 25.2. The number of Topliss-reactive ketones (excluding diaryl/α,β-unsaturated/α-hetero) is 1. The highest BCUT2D eigenvalue weighted by Gasteiger charge is 2.32. The van der Waals surface area contributed by atoms with Crippen LogP contribution in [-0.4, -0.2) is 56.9 Å². The van der Waals surface area contributed by atoms with E-state index in [4.69, 9.17) is 4.74 Å². The Kier molecular flexibility index (Phi) is 9.02. The van der Waals surface area contributed by atoms with Gasteiger partial charge in [-0.3, -0.25) is 19.4 Å². The molecule has 0 saturated heterocycles. The Morgan fingerprint density at radius 1 is 1.05 bits per heavy atom. The first kappa shape index (κ1) is 28.8. The van der Waals surface area contributed by atoms with Gasteiger partial charge in [-0.2, -0.15) is 4.39 Å². The number of carbonyl (C=O) groups excluding carboxylic acids is 4. The number of pyridine rings is 1. The molecule has 1 aromatic carbocycles. The first-order valence-corrected chi connectivity index (χ1v) is 12.0. The van der Waals surface area contributed by atoms with E-state index in [1.54, 1.807) is 13.8 Å². The predicted octanol–water partition coefficient (Wildman–Crippen LogP) is 2.94. The molecule has 0 radical (unpaired) electrons. The second kappa shape index (κ2) is 12.2. The first-order chi connectivity index (χ1) is 18.4. The summed E-state index contributed by atoms with van der Waals surface area (Å²) in [6.45, 7) is 4.83. The van der Waals surface area contributed by atoms with Crippen LogP contribution in [0, 0.1) is 18.8 Å². The van der Waals surface area contributed by atoms with Crippen LogP contribution in [0.1, 0.15) is 68.5 Å². The summed E-state index contributed by atoms with van der Waals surface area (Å²) in [4.78, 5) is 56.8. The minimum atomic E-state index is -1.08. The summed E-state index contributed by atoms with van der Waals surface area (Å²) in [5.74, 6) is -4.95. The molecule has 2 atom stereocenters. The van der Waals surface area contributed by atoms with Gasteiger partial charge in [0.05, 0.1) is 42.3 Å². The number of aromatic nitrogens is 2. The molecule has 2 amide bonds. The summed E-state index contributed by atoms with van der Waals surface area (Å²) in [6.07, 6.45) is 0.834. The van der Waals surface area contributed by atoms with Crippen molar-refractivity contribution in [3.63, 3.8) is 0 Å². The lowest BCUT2D eigenvalue weighted by molar-refractivity contribution is -0.122. The number of ether oxygens (including phenoxy) is 1. The number of carbonyl (C=O) groups is 4. The van der Waals surface area contributed by atoms with Crippen LogP contribution in [0.2, 0.25) is 0 Å². The number of nitrogens with one attached hydrogen (secondary N) is 3. The number of nitrogens with zero attached hydrogens (tertiary/aromatic N) is 1. The van der Waals surface area contributed by atoms with Crippen LogP contribution in [0.15, 0.2) is 42.6 Å². The number of esters is 1. The fraction of sp³-hybridized carbons (Fsp3) is 0.296.